The summed E-state index contributed by atoms with van der Waals surface area (Å²) in [7, 11) is 0. The summed E-state index contributed by atoms with van der Waals surface area (Å²) in [5, 5.41) is 4.26. The number of hydrogen-bond acceptors (Lipinski definition) is 3. The van der Waals surface area contributed by atoms with Crippen LogP contribution in [0.2, 0.25) is 0 Å². The number of pyridine rings is 1. The molecule has 3 aromatic rings. The van der Waals surface area contributed by atoms with Gasteiger partial charge in [0.2, 0.25) is 0 Å². The third-order valence-electron chi connectivity index (χ3n) is 5.02. The van der Waals surface area contributed by atoms with Gasteiger partial charge in [0.15, 0.2) is 0 Å². The average molecular weight is 349 g/mol. The van der Waals surface area contributed by atoms with Gasteiger partial charge in [-0.1, -0.05) is 0 Å². The Bertz CT molecular complexity index is 824. The molecule has 6 nitrogen and oxygen atoms in total. The van der Waals surface area contributed by atoms with Crippen LogP contribution >= 0.6 is 0 Å². The molecule has 0 unspecified atom stereocenters. The van der Waals surface area contributed by atoms with Crippen LogP contribution in [0.4, 0.5) is 0 Å². The van der Waals surface area contributed by atoms with Crippen molar-refractivity contribution >= 4 is 5.91 Å². The van der Waals surface area contributed by atoms with Crippen molar-refractivity contribution in [2.45, 2.75) is 38.3 Å². The number of aromatic nitrogens is 4. The van der Waals surface area contributed by atoms with E-state index in [1.165, 1.54) is 6.42 Å². The van der Waals surface area contributed by atoms with E-state index in [0.717, 1.165) is 43.7 Å². The second-order valence-corrected chi connectivity index (χ2v) is 6.72. The van der Waals surface area contributed by atoms with Gasteiger partial charge in [-0.05, 0) is 56.0 Å². The van der Waals surface area contributed by atoms with E-state index in [0.29, 0.717) is 5.56 Å². The Kier molecular flexibility index (Phi) is 4.82. The van der Waals surface area contributed by atoms with Crippen LogP contribution in [0, 0.1) is 0 Å². The molecule has 1 aliphatic heterocycles. The minimum absolute atomic E-state index is 0.0840. The topological polar surface area (TPSA) is 66.8 Å². The summed E-state index contributed by atoms with van der Waals surface area (Å²) in [6, 6.07) is 9.89. The van der Waals surface area contributed by atoms with Crippen LogP contribution in [0.5, 0.6) is 0 Å². The maximum absolute atomic E-state index is 13.0. The average Bonchev–Trinajstić information content (AvgIpc) is 3.40. The van der Waals surface area contributed by atoms with E-state index >= 15 is 0 Å². The predicted octanol–water partition coefficient (Wildman–Crippen LogP) is 3.36. The SMILES string of the molecule is O=C(c1ccc(-c2ccc[nH]2)nc1)N1CCCC[C@@H]1CCn1cccn1. The molecule has 3 aromatic heterocycles. The number of likely N-dealkylation sites (tertiary alicyclic amines) is 1. The van der Waals surface area contributed by atoms with Gasteiger partial charge in [0.05, 0.1) is 17.0 Å². The Labute approximate surface area is 152 Å². The Morgan fingerprint density at radius 2 is 2.19 bits per heavy atom. The summed E-state index contributed by atoms with van der Waals surface area (Å²) >= 11 is 0. The fourth-order valence-electron chi connectivity index (χ4n) is 3.62. The first-order chi connectivity index (χ1) is 12.8. The quantitative estimate of drug-likeness (QED) is 0.768. The number of hydrogen-bond donors (Lipinski definition) is 1. The molecular formula is C20H23N5O. The lowest BCUT2D eigenvalue weighted by atomic mass is 9.98. The number of aryl methyl sites for hydroxylation is 1. The van der Waals surface area contributed by atoms with E-state index < -0.39 is 0 Å². The van der Waals surface area contributed by atoms with Crippen LogP contribution in [0.15, 0.2) is 55.1 Å². The standard InChI is InChI=1S/C20H23N5O/c26-20(16-7-8-19(22-15-16)18-6-3-10-21-18)25-13-2-1-5-17(25)9-14-24-12-4-11-23-24/h3-4,6-8,10-12,15,17,21H,1-2,5,9,13-14H2/t17-/m1/s1. The Balaban J connectivity index is 1.46. The second kappa shape index (κ2) is 7.56. The zero-order valence-corrected chi connectivity index (χ0v) is 14.7. The summed E-state index contributed by atoms with van der Waals surface area (Å²) in [5.41, 5.74) is 2.46. The molecule has 1 N–H and O–H groups in total. The van der Waals surface area contributed by atoms with Crippen molar-refractivity contribution in [1.29, 1.82) is 0 Å². The van der Waals surface area contributed by atoms with Gasteiger partial charge in [-0.2, -0.15) is 5.10 Å². The van der Waals surface area contributed by atoms with Crippen molar-refractivity contribution in [2.24, 2.45) is 0 Å². The maximum atomic E-state index is 13.0. The minimum atomic E-state index is 0.0840. The Morgan fingerprint density at radius 3 is 2.92 bits per heavy atom. The molecule has 1 saturated heterocycles. The fourth-order valence-corrected chi connectivity index (χ4v) is 3.62. The molecule has 6 heteroatoms. The number of rotatable bonds is 5. The highest BCUT2D eigenvalue weighted by molar-refractivity contribution is 5.94. The zero-order valence-electron chi connectivity index (χ0n) is 14.7. The number of nitrogens with zero attached hydrogens (tertiary/aromatic N) is 4. The Morgan fingerprint density at radius 1 is 1.23 bits per heavy atom. The molecule has 1 fully saturated rings. The van der Waals surface area contributed by atoms with Gasteiger partial charge in [-0.25, -0.2) is 0 Å². The monoisotopic (exact) mass is 349 g/mol. The van der Waals surface area contributed by atoms with E-state index in [2.05, 4.69) is 15.1 Å². The summed E-state index contributed by atoms with van der Waals surface area (Å²) < 4.78 is 1.93. The Hall–Kier alpha value is -2.89. The van der Waals surface area contributed by atoms with Crippen LogP contribution < -0.4 is 0 Å². The lowest BCUT2D eigenvalue weighted by Gasteiger charge is -2.36. The van der Waals surface area contributed by atoms with E-state index in [1.807, 2.05) is 52.3 Å². The van der Waals surface area contributed by atoms with Gasteiger partial charge in [0.25, 0.3) is 5.91 Å². The molecule has 0 radical (unpaired) electrons. The van der Waals surface area contributed by atoms with E-state index in [1.54, 1.807) is 12.4 Å². The van der Waals surface area contributed by atoms with Crippen molar-refractivity contribution in [3.05, 3.63) is 60.7 Å². The van der Waals surface area contributed by atoms with Crippen LogP contribution in [0.25, 0.3) is 11.4 Å². The van der Waals surface area contributed by atoms with Crippen molar-refractivity contribution in [2.75, 3.05) is 6.54 Å². The third kappa shape index (κ3) is 3.54. The van der Waals surface area contributed by atoms with Crippen molar-refractivity contribution in [1.82, 2.24) is 24.6 Å². The van der Waals surface area contributed by atoms with Gasteiger partial charge >= 0.3 is 0 Å². The minimum Gasteiger partial charge on any atom is -0.360 e. The van der Waals surface area contributed by atoms with E-state index in [9.17, 15) is 4.79 Å². The number of amides is 1. The molecule has 4 heterocycles. The lowest BCUT2D eigenvalue weighted by Crippen LogP contribution is -2.44. The highest BCUT2D eigenvalue weighted by atomic mass is 16.2. The molecule has 0 bridgehead atoms. The van der Waals surface area contributed by atoms with Gasteiger partial charge < -0.3 is 9.88 Å². The molecule has 1 atom stereocenters. The van der Waals surface area contributed by atoms with E-state index in [-0.39, 0.29) is 11.9 Å². The summed E-state index contributed by atoms with van der Waals surface area (Å²) in [6.07, 6.45) is 11.6. The smallest absolute Gasteiger partial charge is 0.255 e. The summed E-state index contributed by atoms with van der Waals surface area (Å²) in [6.45, 7) is 1.66. The molecular weight excluding hydrogens is 326 g/mol. The van der Waals surface area contributed by atoms with Gasteiger partial charge in [0.1, 0.15) is 0 Å². The van der Waals surface area contributed by atoms with Crippen LogP contribution in [-0.4, -0.2) is 43.1 Å². The van der Waals surface area contributed by atoms with Gasteiger partial charge in [0, 0.05) is 43.9 Å². The molecule has 0 aliphatic carbocycles. The molecule has 4 rings (SSSR count). The van der Waals surface area contributed by atoms with Crippen LogP contribution in [0.3, 0.4) is 0 Å². The first-order valence-corrected chi connectivity index (χ1v) is 9.19. The molecule has 1 aliphatic rings. The molecule has 26 heavy (non-hydrogen) atoms. The molecule has 0 aromatic carbocycles. The maximum Gasteiger partial charge on any atom is 0.255 e. The predicted molar refractivity (Wildman–Crippen MR) is 99.5 cm³/mol. The lowest BCUT2D eigenvalue weighted by molar-refractivity contribution is 0.0593. The van der Waals surface area contributed by atoms with E-state index in [4.69, 9.17) is 0 Å². The largest absolute Gasteiger partial charge is 0.360 e. The van der Waals surface area contributed by atoms with Gasteiger partial charge in [-0.15, -0.1) is 0 Å². The third-order valence-corrected chi connectivity index (χ3v) is 5.02. The second-order valence-electron chi connectivity index (χ2n) is 6.72. The first kappa shape index (κ1) is 16.6. The zero-order chi connectivity index (χ0) is 17.8. The highest BCUT2D eigenvalue weighted by Crippen LogP contribution is 2.23. The highest BCUT2D eigenvalue weighted by Gasteiger charge is 2.27. The number of nitrogens with one attached hydrogen (secondary N) is 1. The van der Waals surface area contributed by atoms with Crippen molar-refractivity contribution in [3.8, 4) is 11.4 Å². The number of carbonyl (C=O) groups is 1. The van der Waals surface area contributed by atoms with Crippen LogP contribution in [0.1, 0.15) is 36.0 Å². The normalized spacial score (nSPS) is 17.4. The molecule has 0 spiro atoms. The molecule has 1 amide bonds. The molecule has 134 valence electrons. The fraction of sp³-hybridized carbons (Fsp3) is 0.350. The first-order valence-electron chi connectivity index (χ1n) is 9.19. The van der Waals surface area contributed by atoms with Crippen molar-refractivity contribution in [3.63, 3.8) is 0 Å². The molecule has 0 saturated carbocycles. The number of H-pyrrole nitrogens is 1. The van der Waals surface area contributed by atoms with Crippen molar-refractivity contribution < 1.29 is 4.79 Å². The van der Waals surface area contributed by atoms with Gasteiger partial charge in [-0.3, -0.25) is 14.5 Å². The number of carbonyl (C=O) groups excluding carboxylic acids is 1. The number of aromatic amines is 1. The van der Waals surface area contributed by atoms with Crippen LogP contribution in [-0.2, 0) is 6.54 Å². The summed E-state index contributed by atoms with van der Waals surface area (Å²) in [5.74, 6) is 0.0840. The summed E-state index contributed by atoms with van der Waals surface area (Å²) in [4.78, 5) is 22.6. The number of piperidine rings is 1.